The van der Waals surface area contributed by atoms with Crippen molar-refractivity contribution in [3.63, 3.8) is 0 Å². The molecule has 2 fully saturated rings. The minimum atomic E-state index is -0.763. The van der Waals surface area contributed by atoms with Crippen LogP contribution in [0, 0.1) is 0 Å². The van der Waals surface area contributed by atoms with E-state index in [-0.39, 0.29) is 24.6 Å². The number of aliphatic hydroxyl groups excluding tert-OH is 1. The molecule has 2 saturated heterocycles. The Labute approximate surface area is 146 Å². The number of esters is 1. The van der Waals surface area contributed by atoms with Gasteiger partial charge in [0, 0.05) is 12.0 Å². The van der Waals surface area contributed by atoms with Crippen molar-refractivity contribution in [2.24, 2.45) is 0 Å². The molecule has 1 aromatic rings. The molecular weight excluding hydrogens is 328 g/mol. The van der Waals surface area contributed by atoms with Crippen LogP contribution in [0.25, 0.3) is 0 Å². The maximum absolute atomic E-state index is 11.5. The second-order valence-corrected chi connectivity index (χ2v) is 6.91. The Bertz CT molecular complexity index is 642. The maximum Gasteiger partial charge on any atom is 0.309 e. The van der Waals surface area contributed by atoms with Crippen molar-refractivity contribution in [1.82, 2.24) is 0 Å². The largest absolute Gasteiger partial charge is 0.508 e. The van der Waals surface area contributed by atoms with E-state index in [2.05, 4.69) is 4.74 Å². The lowest BCUT2D eigenvalue weighted by atomic mass is 9.91. The van der Waals surface area contributed by atoms with Gasteiger partial charge in [0.25, 0.3) is 0 Å². The highest BCUT2D eigenvalue weighted by molar-refractivity contribution is 5.72. The van der Waals surface area contributed by atoms with E-state index in [0.29, 0.717) is 17.7 Å². The van der Waals surface area contributed by atoms with Gasteiger partial charge in [-0.15, -0.1) is 0 Å². The van der Waals surface area contributed by atoms with E-state index in [4.69, 9.17) is 14.2 Å². The fourth-order valence-corrected chi connectivity index (χ4v) is 3.29. The van der Waals surface area contributed by atoms with Crippen LogP contribution in [-0.2, 0) is 30.2 Å². The number of hydrogen-bond donors (Lipinski definition) is 2. The molecule has 2 heterocycles. The molecule has 4 atom stereocenters. The zero-order valence-corrected chi connectivity index (χ0v) is 14.6. The Hall–Kier alpha value is -1.67. The SMILES string of the molecule is COC(=O)Cc1ccc(O)c(C2C[C@@H](O)C3OC(C)(C)OC[C@H]3O2)c1. The van der Waals surface area contributed by atoms with Crippen LogP contribution >= 0.6 is 0 Å². The third-order valence-corrected chi connectivity index (χ3v) is 4.57. The number of benzene rings is 1. The molecule has 3 rings (SSSR count). The Morgan fingerprint density at radius 3 is 2.88 bits per heavy atom. The Balaban J connectivity index is 1.79. The molecule has 0 saturated carbocycles. The van der Waals surface area contributed by atoms with E-state index in [9.17, 15) is 15.0 Å². The molecule has 0 amide bonds. The molecule has 0 bridgehead atoms. The highest BCUT2D eigenvalue weighted by atomic mass is 16.7. The fraction of sp³-hybridized carbons (Fsp3) is 0.611. The van der Waals surface area contributed by atoms with E-state index >= 15 is 0 Å². The van der Waals surface area contributed by atoms with Crippen LogP contribution in [0.15, 0.2) is 18.2 Å². The van der Waals surface area contributed by atoms with Gasteiger partial charge in [-0.05, 0) is 31.5 Å². The van der Waals surface area contributed by atoms with E-state index < -0.39 is 30.2 Å². The van der Waals surface area contributed by atoms with Gasteiger partial charge in [-0.3, -0.25) is 4.79 Å². The minimum absolute atomic E-state index is 0.0576. The highest BCUT2D eigenvalue weighted by Gasteiger charge is 2.46. The number of phenols is 1. The molecule has 1 aromatic carbocycles. The average molecular weight is 352 g/mol. The van der Waals surface area contributed by atoms with Crippen LogP contribution in [0.4, 0.5) is 0 Å². The number of ether oxygens (including phenoxy) is 4. The molecule has 2 N–H and O–H groups in total. The predicted molar refractivity (Wildman–Crippen MR) is 87.0 cm³/mol. The average Bonchev–Trinajstić information content (AvgIpc) is 2.56. The Morgan fingerprint density at radius 2 is 2.16 bits per heavy atom. The first-order valence-corrected chi connectivity index (χ1v) is 8.33. The van der Waals surface area contributed by atoms with Crippen LogP contribution in [0.2, 0.25) is 0 Å². The molecule has 0 aliphatic carbocycles. The van der Waals surface area contributed by atoms with Gasteiger partial charge in [0.15, 0.2) is 5.79 Å². The summed E-state index contributed by atoms with van der Waals surface area (Å²) >= 11 is 0. The number of carbonyl (C=O) groups excluding carboxylic acids is 1. The van der Waals surface area contributed by atoms with Gasteiger partial charge >= 0.3 is 5.97 Å². The number of phenolic OH excluding ortho intramolecular Hbond substituents is 1. The lowest BCUT2D eigenvalue weighted by Crippen LogP contribution is -2.57. The molecule has 0 spiro atoms. The van der Waals surface area contributed by atoms with Gasteiger partial charge in [0.1, 0.15) is 18.0 Å². The molecule has 0 aromatic heterocycles. The topological polar surface area (TPSA) is 94.5 Å². The maximum atomic E-state index is 11.5. The summed E-state index contributed by atoms with van der Waals surface area (Å²) in [5.74, 6) is -1.07. The van der Waals surface area contributed by atoms with Gasteiger partial charge in [-0.1, -0.05) is 6.07 Å². The summed E-state index contributed by atoms with van der Waals surface area (Å²) in [5.41, 5.74) is 1.24. The van der Waals surface area contributed by atoms with Gasteiger partial charge in [0.05, 0.1) is 32.3 Å². The van der Waals surface area contributed by atoms with Crippen molar-refractivity contribution in [3.05, 3.63) is 29.3 Å². The quantitative estimate of drug-likeness (QED) is 0.795. The van der Waals surface area contributed by atoms with Crippen molar-refractivity contribution < 1.29 is 34.0 Å². The molecule has 138 valence electrons. The fourth-order valence-electron chi connectivity index (χ4n) is 3.29. The van der Waals surface area contributed by atoms with E-state index in [1.54, 1.807) is 26.0 Å². The Kier molecular flexibility index (Phi) is 5.02. The van der Waals surface area contributed by atoms with Crippen LogP contribution in [0.5, 0.6) is 5.75 Å². The molecule has 2 aliphatic rings. The first kappa shape index (κ1) is 18.1. The summed E-state index contributed by atoms with van der Waals surface area (Å²) in [5, 5.41) is 20.7. The van der Waals surface area contributed by atoms with Gasteiger partial charge in [-0.25, -0.2) is 0 Å². The van der Waals surface area contributed by atoms with E-state index in [1.165, 1.54) is 13.2 Å². The number of aliphatic hydroxyl groups is 1. The van der Waals surface area contributed by atoms with E-state index in [0.717, 1.165) is 0 Å². The number of hydrogen-bond acceptors (Lipinski definition) is 7. The number of aromatic hydroxyl groups is 1. The van der Waals surface area contributed by atoms with Crippen LogP contribution in [-0.4, -0.2) is 54.0 Å². The molecule has 2 unspecified atom stereocenters. The molecule has 25 heavy (non-hydrogen) atoms. The zero-order valence-electron chi connectivity index (χ0n) is 14.6. The molecule has 2 aliphatic heterocycles. The summed E-state index contributed by atoms with van der Waals surface area (Å²) in [7, 11) is 1.33. The normalized spacial score (nSPS) is 31.2. The highest BCUT2D eigenvalue weighted by Crippen LogP contribution is 2.40. The van der Waals surface area contributed by atoms with Gasteiger partial charge in [0.2, 0.25) is 0 Å². The van der Waals surface area contributed by atoms with Crippen molar-refractivity contribution in [2.75, 3.05) is 13.7 Å². The van der Waals surface area contributed by atoms with Crippen molar-refractivity contribution in [3.8, 4) is 5.75 Å². The number of fused-ring (bicyclic) bond motifs is 1. The lowest BCUT2D eigenvalue weighted by molar-refractivity contribution is -0.345. The van der Waals surface area contributed by atoms with Crippen molar-refractivity contribution in [1.29, 1.82) is 0 Å². The summed E-state index contributed by atoms with van der Waals surface area (Å²) in [6.45, 7) is 3.89. The Morgan fingerprint density at radius 1 is 1.40 bits per heavy atom. The third-order valence-electron chi connectivity index (χ3n) is 4.57. The molecular formula is C18H24O7. The minimum Gasteiger partial charge on any atom is -0.508 e. The number of rotatable bonds is 3. The number of carbonyl (C=O) groups is 1. The third kappa shape index (κ3) is 3.95. The van der Waals surface area contributed by atoms with Crippen LogP contribution in [0.1, 0.15) is 37.5 Å². The van der Waals surface area contributed by atoms with Crippen molar-refractivity contribution >= 4 is 5.97 Å². The summed E-state index contributed by atoms with van der Waals surface area (Å²) < 4.78 is 22.1. The smallest absolute Gasteiger partial charge is 0.309 e. The first-order chi connectivity index (χ1) is 11.8. The second kappa shape index (κ2) is 6.92. The molecule has 0 radical (unpaired) electrons. The number of methoxy groups -OCH3 is 1. The monoisotopic (exact) mass is 352 g/mol. The second-order valence-electron chi connectivity index (χ2n) is 6.91. The van der Waals surface area contributed by atoms with Crippen molar-refractivity contribution in [2.45, 2.75) is 56.9 Å². The zero-order chi connectivity index (χ0) is 18.2. The van der Waals surface area contributed by atoms with Crippen LogP contribution in [0.3, 0.4) is 0 Å². The first-order valence-electron chi connectivity index (χ1n) is 8.33. The standard InChI is InChI=1S/C18H24O7/c1-18(2)23-9-15-17(25-18)13(20)8-14(24-15)11-6-10(4-5-12(11)19)7-16(21)22-3/h4-6,13-15,17,19-20H,7-9H2,1-3H3/t13-,14?,15-,17?/m1/s1. The summed E-state index contributed by atoms with van der Waals surface area (Å²) in [6, 6.07) is 4.89. The predicted octanol–water partition coefficient (Wildman–Crippen LogP) is 1.45. The van der Waals surface area contributed by atoms with Crippen LogP contribution < -0.4 is 0 Å². The molecule has 7 nitrogen and oxygen atoms in total. The van der Waals surface area contributed by atoms with E-state index in [1.807, 2.05) is 0 Å². The van der Waals surface area contributed by atoms with Gasteiger partial charge < -0.3 is 29.2 Å². The summed E-state index contributed by atoms with van der Waals surface area (Å²) in [4.78, 5) is 11.5. The summed E-state index contributed by atoms with van der Waals surface area (Å²) in [6.07, 6.45) is -1.76. The lowest BCUT2D eigenvalue weighted by Gasteiger charge is -2.47. The molecule has 7 heteroatoms. The van der Waals surface area contributed by atoms with Gasteiger partial charge in [-0.2, -0.15) is 0 Å².